The predicted octanol–water partition coefficient (Wildman–Crippen LogP) is 1.73. The Hall–Kier alpha value is -2.17. The minimum Gasteiger partial charge on any atom is -0.328 e. The molecule has 96 valence electrons. The van der Waals surface area contributed by atoms with Crippen molar-refractivity contribution in [3.63, 3.8) is 0 Å². The number of carbonyl (C=O) groups is 3. The van der Waals surface area contributed by atoms with Gasteiger partial charge >= 0.3 is 6.03 Å². The molecule has 0 unspecified atom stereocenters. The van der Waals surface area contributed by atoms with Gasteiger partial charge in [0.1, 0.15) is 6.29 Å². The third kappa shape index (κ3) is 3.41. The summed E-state index contributed by atoms with van der Waals surface area (Å²) in [6.45, 7) is 3.22. The highest BCUT2D eigenvalue weighted by molar-refractivity contribution is 6.14. The van der Waals surface area contributed by atoms with Gasteiger partial charge in [-0.3, -0.25) is 4.79 Å². The zero-order valence-electron chi connectivity index (χ0n) is 10.4. The number of imide groups is 1. The topological polar surface area (TPSA) is 66.5 Å². The van der Waals surface area contributed by atoms with Crippen molar-refractivity contribution in [1.82, 2.24) is 5.32 Å². The lowest BCUT2D eigenvalue weighted by Gasteiger charge is -2.21. The average Bonchev–Trinajstić information content (AvgIpc) is 2.39. The van der Waals surface area contributed by atoms with E-state index >= 15 is 0 Å². The second-order valence-corrected chi connectivity index (χ2v) is 3.79. The van der Waals surface area contributed by atoms with Crippen molar-refractivity contribution in [2.24, 2.45) is 0 Å². The molecule has 0 aliphatic carbocycles. The number of aldehydes is 1. The van der Waals surface area contributed by atoms with Gasteiger partial charge in [0.2, 0.25) is 5.91 Å². The molecule has 1 aromatic rings. The van der Waals surface area contributed by atoms with E-state index in [2.05, 4.69) is 5.32 Å². The van der Waals surface area contributed by atoms with E-state index in [1.54, 1.807) is 44.2 Å². The van der Waals surface area contributed by atoms with Gasteiger partial charge in [0.25, 0.3) is 0 Å². The molecule has 0 saturated carbocycles. The number of para-hydroxylation sites is 1. The van der Waals surface area contributed by atoms with Crippen LogP contribution in [0.15, 0.2) is 30.3 Å². The van der Waals surface area contributed by atoms with Crippen LogP contribution in [0.4, 0.5) is 10.5 Å². The summed E-state index contributed by atoms with van der Waals surface area (Å²) in [6, 6.07) is 7.38. The van der Waals surface area contributed by atoms with E-state index in [1.807, 2.05) is 0 Å². The SMILES string of the molecule is CCC(=O)N(C(=O)N[C@@H](C)C=O)c1ccccc1. The van der Waals surface area contributed by atoms with E-state index < -0.39 is 12.1 Å². The van der Waals surface area contributed by atoms with Crippen LogP contribution >= 0.6 is 0 Å². The molecule has 0 aromatic heterocycles. The number of benzene rings is 1. The minimum absolute atomic E-state index is 0.206. The maximum absolute atomic E-state index is 11.9. The van der Waals surface area contributed by atoms with E-state index in [0.717, 1.165) is 4.90 Å². The molecule has 1 N–H and O–H groups in total. The molecule has 0 heterocycles. The van der Waals surface area contributed by atoms with Crippen molar-refractivity contribution in [3.8, 4) is 0 Å². The van der Waals surface area contributed by atoms with Gasteiger partial charge in [-0.05, 0) is 19.1 Å². The van der Waals surface area contributed by atoms with Crippen molar-refractivity contribution in [3.05, 3.63) is 30.3 Å². The fourth-order valence-electron chi connectivity index (χ4n) is 1.40. The molecule has 1 aromatic carbocycles. The second kappa shape index (κ2) is 6.54. The number of carbonyl (C=O) groups excluding carboxylic acids is 3. The molecule has 1 rings (SSSR count). The Balaban J connectivity index is 2.96. The molecule has 3 amide bonds. The molecule has 18 heavy (non-hydrogen) atoms. The Morgan fingerprint density at radius 2 is 1.94 bits per heavy atom. The number of rotatable bonds is 4. The van der Waals surface area contributed by atoms with E-state index in [-0.39, 0.29) is 12.3 Å². The van der Waals surface area contributed by atoms with E-state index in [0.29, 0.717) is 12.0 Å². The van der Waals surface area contributed by atoms with Crippen molar-refractivity contribution in [2.75, 3.05) is 4.90 Å². The highest BCUT2D eigenvalue weighted by Gasteiger charge is 2.22. The zero-order chi connectivity index (χ0) is 13.5. The van der Waals surface area contributed by atoms with Crippen molar-refractivity contribution in [1.29, 1.82) is 0 Å². The Morgan fingerprint density at radius 3 is 2.44 bits per heavy atom. The van der Waals surface area contributed by atoms with Crippen LogP contribution in [0.5, 0.6) is 0 Å². The molecule has 0 radical (unpaired) electrons. The molecule has 5 nitrogen and oxygen atoms in total. The molecular weight excluding hydrogens is 232 g/mol. The normalized spacial score (nSPS) is 11.4. The summed E-state index contributed by atoms with van der Waals surface area (Å²) in [5.41, 5.74) is 0.486. The molecule has 0 aliphatic rings. The first-order chi connectivity index (χ1) is 8.60. The van der Waals surface area contributed by atoms with Gasteiger partial charge in [0, 0.05) is 6.42 Å². The van der Waals surface area contributed by atoms with Crippen LogP contribution in [0.3, 0.4) is 0 Å². The zero-order valence-corrected chi connectivity index (χ0v) is 10.4. The van der Waals surface area contributed by atoms with Crippen LogP contribution in [0.2, 0.25) is 0 Å². The fourth-order valence-corrected chi connectivity index (χ4v) is 1.40. The summed E-state index contributed by atoms with van der Waals surface area (Å²) in [4.78, 5) is 35.3. The number of amides is 3. The smallest absolute Gasteiger partial charge is 0.328 e. The van der Waals surface area contributed by atoms with Crippen LogP contribution < -0.4 is 10.2 Å². The highest BCUT2D eigenvalue weighted by Crippen LogP contribution is 2.14. The number of nitrogens with one attached hydrogen (secondary N) is 1. The summed E-state index contributed by atoms with van der Waals surface area (Å²) < 4.78 is 0. The lowest BCUT2D eigenvalue weighted by Crippen LogP contribution is -2.47. The first-order valence-electron chi connectivity index (χ1n) is 5.74. The summed E-state index contributed by atoms with van der Waals surface area (Å²) in [6.07, 6.45) is 0.815. The Morgan fingerprint density at radius 1 is 1.33 bits per heavy atom. The lowest BCUT2D eigenvalue weighted by atomic mass is 10.2. The lowest BCUT2D eigenvalue weighted by molar-refractivity contribution is -0.117. The minimum atomic E-state index is -0.631. The number of nitrogens with zero attached hydrogens (tertiary/aromatic N) is 1. The van der Waals surface area contributed by atoms with Crippen molar-refractivity contribution < 1.29 is 14.4 Å². The number of urea groups is 1. The molecule has 0 fully saturated rings. The number of hydrogen-bond donors (Lipinski definition) is 1. The second-order valence-electron chi connectivity index (χ2n) is 3.79. The molecule has 0 saturated heterocycles. The van der Waals surface area contributed by atoms with Crippen LogP contribution in [-0.2, 0) is 9.59 Å². The van der Waals surface area contributed by atoms with Crippen molar-refractivity contribution >= 4 is 23.9 Å². The average molecular weight is 248 g/mol. The molecule has 0 bridgehead atoms. The fraction of sp³-hybridized carbons (Fsp3) is 0.308. The third-order valence-electron chi connectivity index (χ3n) is 2.32. The highest BCUT2D eigenvalue weighted by atomic mass is 16.2. The van der Waals surface area contributed by atoms with Crippen LogP contribution in [-0.4, -0.2) is 24.3 Å². The van der Waals surface area contributed by atoms with Gasteiger partial charge in [-0.15, -0.1) is 0 Å². The van der Waals surface area contributed by atoms with Gasteiger partial charge < -0.3 is 10.1 Å². The Labute approximate surface area is 106 Å². The maximum Gasteiger partial charge on any atom is 0.329 e. The Kier molecular flexibility index (Phi) is 5.05. The monoisotopic (exact) mass is 248 g/mol. The molecule has 0 spiro atoms. The largest absolute Gasteiger partial charge is 0.329 e. The van der Waals surface area contributed by atoms with Gasteiger partial charge in [-0.2, -0.15) is 0 Å². The van der Waals surface area contributed by atoms with Crippen LogP contribution in [0.25, 0.3) is 0 Å². The number of hydrogen-bond acceptors (Lipinski definition) is 3. The van der Waals surface area contributed by atoms with Crippen LogP contribution in [0, 0.1) is 0 Å². The van der Waals surface area contributed by atoms with Crippen molar-refractivity contribution in [2.45, 2.75) is 26.3 Å². The molecular formula is C13H16N2O3. The van der Waals surface area contributed by atoms with E-state index in [4.69, 9.17) is 0 Å². The molecule has 0 aliphatic heterocycles. The quantitative estimate of drug-likeness (QED) is 0.825. The summed E-state index contributed by atoms with van der Waals surface area (Å²) in [5, 5.41) is 2.44. The summed E-state index contributed by atoms with van der Waals surface area (Å²) in [5.74, 6) is -0.322. The van der Waals surface area contributed by atoms with Gasteiger partial charge in [-0.25, -0.2) is 9.69 Å². The first kappa shape index (κ1) is 13.9. The first-order valence-corrected chi connectivity index (χ1v) is 5.74. The maximum atomic E-state index is 11.9. The summed E-state index contributed by atoms with van der Waals surface area (Å²) >= 11 is 0. The molecule has 1 atom stereocenters. The van der Waals surface area contributed by atoms with E-state index in [9.17, 15) is 14.4 Å². The number of anilines is 1. The predicted molar refractivity (Wildman–Crippen MR) is 68.3 cm³/mol. The molecule has 5 heteroatoms. The third-order valence-corrected chi connectivity index (χ3v) is 2.32. The van der Waals surface area contributed by atoms with Gasteiger partial charge in [0.05, 0.1) is 11.7 Å². The van der Waals surface area contributed by atoms with Gasteiger partial charge in [0.15, 0.2) is 0 Å². The van der Waals surface area contributed by atoms with E-state index in [1.165, 1.54) is 0 Å². The Bertz CT molecular complexity index is 431. The summed E-state index contributed by atoms with van der Waals surface area (Å²) in [7, 11) is 0. The van der Waals surface area contributed by atoms with Gasteiger partial charge in [-0.1, -0.05) is 25.1 Å². The standard InChI is InChI=1S/C13H16N2O3/c1-3-12(17)15(11-7-5-4-6-8-11)13(18)14-10(2)9-16/h4-10H,3H2,1-2H3,(H,14,18)/t10-/m0/s1. The van der Waals surface area contributed by atoms with Crippen LogP contribution in [0.1, 0.15) is 20.3 Å².